The van der Waals surface area contributed by atoms with Gasteiger partial charge in [0.05, 0.1) is 13.2 Å². The van der Waals surface area contributed by atoms with Crippen molar-refractivity contribution in [1.29, 1.82) is 0 Å². The van der Waals surface area contributed by atoms with Crippen LogP contribution in [0.5, 0.6) is 0 Å². The topological polar surface area (TPSA) is 19.0 Å². The molecule has 0 bridgehead atoms. The lowest BCUT2D eigenvalue weighted by Gasteiger charge is -2.36. The molecule has 0 atom stereocenters. The Hall–Kier alpha value is -0.160. The highest BCUT2D eigenvalue weighted by Crippen LogP contribution is 2.07. The number of morpholine rings is 1. The first-order valence-electron chi connectivity index (χ1n) is 5.62. The summed E-state index contributed by atoms with van der Waals surface area (Å²) in [7, 11) is 2.21. The zero-order chi connectivity index (χ0) is 9.80. The first kappa shape index (κ1) is 10.4. The molecule has 2 fully saturated rings. The highest BCUT2D eigenvalue weighted by molar-refractivity contribution is 4.68. The maximum Gasteiger partial charge on any atom is 0.0608 e. The maximum atomic E-state index is 5.36. The number of ether oxygens (including phenoxy) is 1. The Bertz CT molecular complexity index is 171. The monoisotopic (exact) mass is 199 g/mol. The molecule has 2 heterocycles. The summed E-state index contributed by atoms with van der Waals surface area (Å²) < 4.78 is 5.36. The standard InChI is InChI=1S/C10H21N3O/c1-11-3-2-4-12(6-5-11)13-7-9-14-10-8-13/h2-10H2,1H3. The number of hydrogen-bond donors (Lipinski definition) is 0. The third kappa shape index (κ3) is 2.67. The van der Waals surface area contributed by atoms with Crippen LogP contribution in [-0.2, 0) is 4.74 Å². The molecule has 0 saturated carbocycles. The number of hydrogen-bond acceptors (Lipinski definition) is 4. The van der Waals surface area contributed by atoms with Gasteiger partial charge in [-0.15, -0.1) is 0 Å². The lowest BCUT2D eigenvalue weighted by atomic mass is 10.4. The molecule has 2 saturated heterocycles. The van der Waals surface area contributed by atoms with Crippen molar-refractivity contribution in [2.45, 2.75) is 6.42 Å². The molecule has 0 unspecified atom stereocenters. The quantitative estimate of drug-likeness (QED) is 0.585. The van der Waals surface area contributed by atoms with E-state index in [-0.39, 0.29) is 0 Å². The molecule has 82 valence electrons. The van der Waals surface area contributed by atoms with E-state index >= 15 is 0 Å². The SMILES string of the molecule is CN1CCCN(N2CCOCC2)CC1. The van der Waals surface area contributed by atoms with E-state index in [1.807, 2.05) is 0 Å². The van der Waals surface area contributed by atoms with E-state index in [2.05, 4.69) is 22.0 Å². The van der Waals surface area contributed by atoms with Gasteiger partial charge in [-0.1, -0.05) is 0 Å². The van der Waals surface area contributed by atoms with E-state index < -0.39 is 0 Å². The first-order chi connectivity index (χ1) is 6.86. The van der Waals surface area contributed by atoms with E-state index in [9.17, 15) is 0 Å². The van der Waals surface area contributed by atoms with Crippen molar-refractivity contribution >= 4 is 0 Å². The van der Waals surface area contributed by atoms with Crippen molar-refractivity contribution in [1.82, 2.24) is 14.9 Å². The van der Waals surface area contributed by atoms with Gasteiger partial charge in [0.1, 0.15) is 0 Å². The average Bonchev–Trinajstić information content (AvgIpc) is 2.44. The van der Waals surface area contributed by atoms with Crippen LogP contribution in [0.1, 0.15) is 6.42 Å². The number of rotatable bonds is 1. The summed E-state index contributed by atoms with van der Waals surface area (Å²) in [6.45, 7) is 8.76. The molecule has 0 aromatic carbocycles. The minimum Gasteiger partial charge on any atom is -0.379 e. The summed E-state index contributed by atoms with van der Waals surface area (Å²) in [5, 5.41) is 4.97. The van der Waals surface area contributed by atoms with Crippen molar-refractivity contribution < 1.29 is 4.74 Å². The fraction of sp³-hybridized carbons (Fsp3) is 1.00. The van der Waals surface area contributed by atoms with Gasteiger partial charge in [0.15, 0.2) is 0 Å². The highest BCUT2D eigenvalue weighted by Gasteiger charge is 2.20. The lowest BCUT2D eigenvalue weighted by molar-refractivity contribution is -0.0874. The molecule has 2 rings (SSSR count). The largest absolute Gasteiger partial charge is 0.379 e. The van der Waals surface area contributed by atoms with Gasteiger partial charge in [-0.25, -0.2) is 10.0 Å². The Kier molecular flexibility index (Phi) is 3.75. The van der Waals surface area contributed by atoms with Crippen LogP contribution in [0, 0.1) is 0 Å². The van der Waals surface area contributed by atoms with Crippen molar-refractivity contribution in [3.63, 3.8) is 0 Å². The summed E-state index contributed by atoms with van der Waals surface area (Å²) in [4.78, 5) is 2.42. The van der Waals surface area contributed by atoms with Gasteiger partial charge in [0.2, 0.25) is 0 Å². The molecule has 0 spiro atoms. The van der Waals surface area contributed by atoms with Gasteiger partial charge in [0, 0.05) is 32.7 Å². The molecule has 0 aliphatic carbocycles. The van der Waals surface area contributed by atoms with Gasteiger partial charge in [-0.05, 0) is 20.0 Å². The molecule has 0 aromatic rings. The second-order valence-corrected chi connectivity index (χ2v) is 4.18. The van der Waals surface area contributed by atoms with Gasteiger partial charge in [-0.3, -0.25) is 0 Å². The Morgan fingerprint density at radius 2 is 1.50 bits per heavy atom. The molecule has 4 heteroatoms. The van der Waals surface area contributed by atoms with Crippen LogP contribution in [-0.4, -0.2) is 74.4 Å². The van der Waals surface area contributed by atoms with Crippen molar-refractivity contribution in [3.8, 4) is 0 Å². The number of hydrazine groups is 1. The molecule has 2 aliphatic heterocycles. The van der Waals surface area contributed by atoms with Crippen LogP contribution in [0.25, 0.3) is 0 Å². The summed E-state index contributed by atoms with van der Waals surface area (Å²) in [5.74, 6) is 0. The fourth-order valence-corrected chi connectivity index (χ4v) is 2.15. The highest BCUT2D eigenvalue weighted by atomic mass is 16.5. The van der Waals surface area contributed by atoms with Crippen LogP contribution in [0.3, 0.4) is 0 Å². The molecule has 0 amide bonds. The van der Waals surface area contributed by atoms with Gasteiger partial charge in [0.25, 0.3) is 0 Å². The van der Waals surface area contributed by atoms with E-state index in [1.54, 1.807) is 0 Å². The molecular weight excluding hydrogens is 178 g/mol. The third-order valence-electron chi connectivity index (χ3n) is 3.08. The van der Waals surface area contributed by atoms with Crippen LogP contribution in [0.4, 0.5) is 0 Å². The normalized spacial score (nSPS) is 28.9. The second kappa shape index (κ2) is 5.07. The van der Waals surface area contributed by atoms with E-state index in [4.69, 9.17) is 4.74 Å². The second-order valence-electron chi connectivity index (χ2n) is 4.18. The van der Waals surface area contributed by atoms with Crippen molar-refractivity contribution in [2.75, 3.05) is 59.5 Å². The van der Waals surface area contributed by atoms with E-state index in [0.29, 0.717) is 0 Å². The molecule has 0 N–H and O–H groups in total. The predicted molar refractivity (Wildman–Crippen MR) is 56.1 cm³/mol. The fourth-order valence-electron chi connectivity index (χ4n) is 2.15. The number of nitrogens with zero attached hydrogens (tertiary/aromatic N) is 3. The summed E-state index contributed by atoms with van der Waals surface area (Å²) in [6.07, 6.45) is 1.29. The molecular formula is C10H21N3O. The van der Waals surface area contributed by atoms with E-state index in [0.717, 1.165) is 26.3 Å². The Morgan fingerprint density at radius 1 is 0.786 bits per heavy atom. The zero-order valence-corrected chi connectivity index (χ0v) is 9.11. The van der Waals surface area contributed by atoms with Gasteiger partial charge in [-0.2, -0.15) is 0 Å². The lowest BCUT2D eigenvalue weighted by Crippen LogP contribution is -2.49. The average molecular weight is 199 g/mol. The predicted octanol–water partition coefficient (Wildman–Crippen LogP) is -0.129. The minimum atomic E-state index is 0.895. The Labute approximate surface area is 86.4 Å². The summed E-state index contributed by atoms with van der Waals surface area (Å²) in [6, 6.07) is 0. The first-order valence-corrected chi connectivity index (χ1v) is 5.62. The zero-order valence-electron chi connectivity index (χ0n) is 9.11. The Morgan fingerprint density at radius 3 is 2.29 bits per heavy atom. The van der Waals surface area contributed by atoms with Crippen LogP contribution in [0.2, 0.25) is 0 Å². The van der Waals surface area contributed by atoms with Crippen molar-refractivity contribution in [2.24, 2.45) is 0 Å². The van der Waals surface area contributed by atoms with Gasteiger partial charge < -0.3 is 9.64 Å². The molecule has 14 heavy (non-hydrogen) atoms. The smallest absolute Gasteiger partial charge is 0.0608 e. The van der Waals surface area contributed by atoms with E-state index in [1.165, 1.54) is 32.6 Å². The summed E-state index contributed by atoms with van der Waals surface area (Å²) >= 11 is 0. The molecule has 0 aromatic heterocycles. The molecule has 2 aliphatic rings. The van der Waals surface area contributed by atoms with Crippen LogP contribution >= 0.6 is 0 Å². The number of likely N-dealkylation sites (N-methyl/N-ethyl adjacent to an activating group) is 1. The molecule has 0 radical (unpaired) electrons. The third-order valence-corrected chi connectivity index (χ3v) is 3.08. The minimum absolute atomic E-state index is 0.895. The van der Waals surface area contributed by atoms with Gasteiger partial charge >= 0.3 is 0 Å². The van der Waals surface area contributed by atoms with Crippen molar-refractivity contribution in [3.05, 3.63) is 0 Å². The molecule has 4 nitrogen and oxygen atoms in total. The maximum absolute atomic E-state index is 5.36. The summed E-state index contributed by atoms with van der Waals surface area (Å²) in [5.41, 5.74) is 0. The Balaban J connectivity index is 1.83. The van der Waals surface area contributed by atoms with Crippen LogP contribution in [0.15, 0.2) is 0 Å². The van der Waals surface area contributed by atoms with Crippen LogP contribution < -0.4 is 0 Å².